The molecular weight excluding hydrogens is 406 g/mol. The molecule has 8 nitrogen and oxygen atoms in total. The zero-order valence-corrected chi connectivity index (χ0v) is 18.7. The van der Waals surface area contributed by atoms with Crippen LogP contribution in [-0.4, -0.2) is 55.8 Å². The number of ether oxygens (including phenoxy) is 1. The van der Waals surface area contributed by atoms with Crippen LogP contribution in [0.4, 0.5) is 0 Å². The first-order valence-electron chi connectivity index (χ1n) is 9.93. The van der Waals surface area contributed by atoms with E-state index in [1.165, 1.54) is 0 Å². The molecule has 2 aromatic rings. The summed E-state index contributed by atoms with van der Waals surface area (Å²) < 4.78 is 32.8. The number of nitrogens with zero attached hydrogens (tertiary/aromatic N) is 1. The van der Waals surface area contributed by atoms with Crippen LogP contribution in [0.3, 0.4) is 0 Å². The molecule has 0 saturated heterocycles. The smallest absolute Gasteiger partial charge is 0.336 e. The maximum absolute atomic E-state index is 12.5. The van der Waals surface area contributed by atoms with Crippen molar-refractivity contribution in [2.24, 2.45) is 5.92 Å². The molecule has 2 atom stereocenters. The van der Waals surface area contributed by atoms with E-state index in [1.807, 2.05) is 6.92 Å². The summed E-state index contributed by atoms with van der Waals surface area (Å²) in [5, 5.41) is 14.6. The molecule has 0 aliphatic heterocycles. The number of fused-ring (bicyclic) bond motifs is 1. The highest BCUT2D eigenvalue weighted by Gasteiger charge is 2.23. The number of esters is 1. The van der Waals surface area contributed by atoms with Crippen LogP contribution in [-0.2, 0) is 19.6 Å². The summed E-state index contributed by atoms with van der Waals surface area (Å²) in [4.78, 5) is 16.0. The fourth-order valence-corrected chi connectivity index (χ4v) is 3.86. The summed E-state index contributed by atoms with van der Waals surface area (Å²) in [5.41, 5.74) is -0.648. The molecule has 1 aromatic carbocycles. The van der Waals surface area contributed by atoms with Crippen LogP contribution in [0.25, 0.3) is 10.8 Å². The van der Waals surface area contributed by atoms with Crippen molar-refractivity contribution in [1.82, 2.24) is 15.0 Å². The van der Waals surface area contributed by atoms with Gasteiger partial charge in [-0.15, -0.1) is 0 Å². The van der Waals surface area contributed by atoms with Crippen molar-refractivity contribution in [2.45, 2.75) is 50.7 Å². The second-order valence-electron chi connectivity index (χ2n) is 8.38. The number of nitrogens with one attached hydrogen (secondary N) is 2. The zero-order valence-electron chi connectivity index (χ0n) is 17.9. The molecule has 9 heteroatoms. The molecule has 0 bridgehead atoms. The summed E-state index contributed by atoms with van der Waals surface area (Å²) in [6.45, 7) is 8.08. The van der Waals surface area contributed by atoms with Crippen molar-refractivity contribution in [2.75, 3.05) is 19.6 Å². The summed E-state index contributed by atoms with van der Waals surface area (Å²) in [5.74, 6) is -0.525. The third-order valence-electron chi connectivity index (χ3n) is 4.36. The second kappa shape index (κ2) is 10.3. The lowest BCUT2D eigenvalue weighted by Crippen LogP contribution is -2.39. The number of pyridine rings is 1. The fourth-order valence-electron chi connectivity index (χ4n) is 2.77. The van der Waals surface area contributed by atoms with Gasteiger partial charge in [0.15, 0.2) is 6.10 Å². The Morgan fingerprint density at radius 2 is 1.93 bits per heavy atom. The van der Waals surface area contributed by atoms with E-state index in [9.17, 15) is 18.3 Å². The normalized spacial score (nSPS) is 14.4. The predicted octanol–water partition coefficient (Wildman–Crippen LogP) is 1.83. The van der Waals surface area contributed by atoms with Crippen molar-refractivity contribution in [3.63, 3.8) is 0 Å². The third-order valence-corrected chi connectivity index (χ3v) is 5.82. The molecule has 166 valence electrons. The SMILES string of the molecule is CC(CCNS(=O)(=O)c1ccc2cnccc2c1)CNCC(O)C(=O)OC(C)(C)C. The number of carbonyl (C=O) groups excluding carboxylic acids is 1. The van der Waals surface area contributed by atoms with Gasteiger partial charge in [0.05, 0.1) is 4.90 Å². The Hall–Kier alpha value is -2.07. The molecule has 0 aliphatic carbocycles. The zero-order chi connectivity index (χ0) is 22.4. The number of benzene rings is 1. The van der Waals surface area contributed by atoms with Gasteiger partial charge in [0.2, 0.25) is 10.0 Å². The van der Waals surface area contributed by atoms with Crippen LogP contribution in [0, 0.1) is 5.92 Å². The minimum absolute atomic E-state index is 0.0803. The van der Waals surface area contributed by atoms with Gasteiger partial charge in [0, 0.05) is 30.9 Å². The van der Waals surface area contributed by atoms with Gasteiger partial charge in [-0.3, -0.25) is 4.98 Å². The van der Waals surface area contributed by atoms with Crippen molar-refractivity contribution in [3.05, 3.63) is 36.7 Å². The van der Waals surface area contributed by atoms with E-state index in [-0.39, 0.29) is 23.9 Å². The first-order chi connectivity index (χ1) is 14.0. The first-order valence-corrected chi connectivity index (χ1v) is 11.4. The molecule has 2 unspecified atom stereocenters. The van der Waals surface area contributed by atoms with E-state index < -0.39 is 27.7 Å². The minimum atomic E-state index is -3.60. The van der Waals surface area contributed by atoms with Crippen LogP contribution < -0.4 is 10.0 Å². The second-order valence-corrected chi connectivity index (χ2v) is 10.2. The highest BCUT2D eigenvalue weighted by Crippen LogP contribution is 2.18. The van der Waals surface area contributed by atoms with Gasteiger partial charge in [0.1, 0.15) is 5.60 Å². The summed E-state index contributed by atoms with van der Waals surface area (Å²) in [6, 6.07) is 6.70. The standard InChI is InChI=1S/C21H31N3O5S/c1-15(12-23-14-19(25)20(26)29-21(2,3)4)7-10-24-30(27,28)18-6-5-17-13-22-9-8-16(17)11-18/h5-6,8-9,11,13,15,19,23-25H,7,10,12,14H2,1-4H3. The number of rotatable bonds is 10. The van der Waals surface area contributed by atoms with Crippen LogP contribution in [0.5, 0.6) is 0 Å². The van der Waals surface area contributed by atoms with Gasteiger partial charge in [-0.2, -0.15) is 0 Å². The molecule has 0 spiro atoms. The van der Waals surface area contributed by atoms with Crippen molar-refractivity contribution in [1.29, 1.82) is 0 Å². The van der Waals surface area contributed by atoms with Crippen LogP contribution in [0.2, 0.25) is 0 Å². The summed E-state index contributed by atoms with van der Waals surface area (Å²) >= 11 is 0. The maximum Gasteiger partial charge on any atom is 0.336 e. The number of aromatic nitrogens is 1. The van der Waals surface area contributed by atoms with Crippen molar-refractivity contribution in [3.8, 4) is 0 Å². The van der Waals surface area contributed by atoms with E-state index in [2.05, 4.69) is 15.0 Å². The molecule has 0 fully saturated rings. The number of carbonyl (C=O) groups is 1. The van der Waals surface area contributed by atoms with Gasteiger partial charge in [0.25, 0.3) is 0 Å². The van der Waals surface area contributed by atoms with E-state index in [0.717, 1.165) is 10.8 Å². The highest BCUT2D eigenvalue weighted by atomic mass is 32.2. The van der Waals surface area contributed by atoms with E-state index >= 15 is 0 Å². The summed E-state index contributed by atoms with van der Waals surface area (Å²) in [6.07, 6.45) is 2.68. The van der Waals surface area contributed by atoms with Crippen molar-refractivity contribution < 1.29 is 23.1 Å². The lowest BCUT2D eigenvalue weighted by molar-refractivity contribution is -0.164. The van der Waals surface area contributed by atoms with E-state index in [1.54, 1.807) is 57.4 Å². The van der Waals surface area contributed by atoms with Crippen LogP contribution in [0.1, 0.15) is 34.1 Å². The van der Waals surface area contributed by atoms with E-state index in [0.29, 0.717) is 13.0 Å². The Balaban J connectivity index is 1.75. The minimum Gasteiger partial charge on any atom is -0.458 e. The molecule has 0 aliphatic rings. The Labute approximate surface area is 178 Å². The molecular formula is C21H31N3O5S. The number of aliphatic hydroxyl groups excluding tert-OH is 1. The van der Waals surface area contributed by atoms with Gasteiger partial charge in [-0.1, -0.05) is 13.0 Å². The molecule has 2 rings (SSSR count). The Morgan fingerprint density at radius 1 is 1.20 bits per heavy atom. The average Bonchev–Trinajstić information content (AvgIpc) is 2.66. The molecule has 1 aromatic heterocycles. The van der Waals surface area contributed by atoms with Gasteiger partial charge < -0.3 is 15.2 Å². The number of aliphatic hydroxyl groups is 1. The van der Waals surface area contributed by atoms with Gasteiger partial charge in [-0.05, 0) is 63.2 Å². The van der Waals surface area contributed by atoms with Gasteiger partial charge in [-0.25, -0.2) is 17.9 Å². The van der Waals surface area contributed by atoms with E-state index in [4.69, 9.17) is 4.74 Å². The summed E-state index contributed by atoms with van der Waals surface area (Å²) in [7, 11) is -3.60. The largest absolute Gasteiger partial charge is 0.458 e. The van der Waals surface area contributed by atoms with Crippen LogP contribution >= 0.6 is 0 Å². The first kappa shape index (κ1) is 24.2. The molecule has 0 amide bonds. The predicted molar refractivity (Wildman–Crippen MR) is 115 cm³/mol. The average molecular weight is 438 g/mol. The van der Waals surface area contributed by atoms with Gasteiger partial charge >= 0.3 is 5.97 Å². The quantitative estimate of drug-likeness (QED) is 0.485. The van der Waals surface area contributed by atoms with Crippen LogP contribution in [0.15, 0.2) is 41.6 Å². The Kier molecular flexibility index (Phi) is 8.31. The lowest BCUT2D eigenvalue weighted by atomic mass is 10.1. The molecule has 0 saturated carbocycles. The Morgan fingerprint density at radius 3 is 2.63 bits per heavy atom. The lowest BCUT2D eigenvalue weighted by Gasteiger charge is -2.22. The molecule has 3 N–H and O–H groups in total. The number of hydrogen-bond acceptors (Lipinski definition) is 7. The fraction of sp³-hybridized carbons (Fsp3) is 0.524. The monoisotopic (exact) mass is 437 g/mol. The van der Waals surface area contributed by atoms with Crippen molar-refractivity contribution >= 4 is 26.8 Å². The number of hydrogen-bond donors (Lipinski definition) is 3. The Bertz CT molecular complexity index is 957. The molecule has 0 radical (unpaired) electrons. The molecule has 1 heterocycles. The maximum atomic E-state index is 12.5. The highest BCUT2D eigenvalue weighted by molar-refractivity contribution is 7.89. The molecule has 30 heavy (non-hydrogen) atoms. The topological polar surface area (TPSA) is 118 Å². The third kappa shape index (κ3) is 7.64. The number of sulfonamides is 1.